The quantitative estimate of drug-likeness (QED) is 0.684. The number of nitrogens with zero attached hydrogens (tertiary/aromatic N) is 1. The summed E-state index contributed by atoms with van der Waals surface area (Å²) in [5.41, 5.74) is 0. The Bertz CT molecular complexity index is 399. The summed E-state index contributed by atoms with van der Waals surface area (Å²) in [6, 6.07) is -0.277. The third kappa shape index (κ3) is 4.11. The van der Waals surface area contributed by atoms with Crippen LogP contribution in [0.3, 0.4) is 0 Å². The van der Waals surface area contributed by atoms with Gasteiger partial charge in [0.1, 0.15) is 0 Å². The topological polar surface area (TPSA) is 98.7 Å². The van der Waals surface area contributed by atoms with E-state index in [1.54, 1.807) is 4.90 Å². The summed E-state index contributed by atoms with van der Waals surface area (Å²) in [6.07, 6.45) is 2.98. The molecule has 112 valence electrons. The fourth-order valence-corrected chi connectivity index (χ4v) is 2.79. The molecular formula is C13H21N3O4. The lowest BCUT2D eigenvalue weighted by molar-refractivity contribution is -0.137. The molecule has 0 saturated carbocycles. The lowest BCUT2D eigenvalue weighted by Crippen LogP contribution is -2.49. The molecule has 2 fully saturated rings. The second kappa shape index (κ2) is 6.58. The number of carboxylic acids is 1. The van der Waals surface area contributed by atoms with Gasteiger partial charge in [-0.3, -0.25) is 9.59 Å². The van der Waals surface area contributed by atoms with E-state index in [9.17, 15) is 14.4 Å². The third-order valence-corrected chi connectivity index (χ3v) is 3.88. The van der Waals surface area contributed by atoms with Crippen molar-refractivity contribution in [3.8, 4) is 0 Å². The number of urea groups is 1. The Kier molecular flexibility index (Phi) is 4.81. The molecule has 0 aromatic carbocycles. The van der Waals surface area contributed by atoms with Gasteiger partial charge in [-0.2, -0.15) is 0 Å². The molecule has 0 aliphatic carbocycles. The van der Waals surface area contributed by atoms with Gasteiger partial charge in [-0.05, 0) is 25.2 Å². The second-order valence-corrected chi connectivity index (χ2v) is 5.54. The maximum Gasteiger partial charge on any atom is 0.317 e. The van der Waals surface area contributed by atoms with Gasteiger partial charge in [-0.1, -0.05) is 0 Å². The summed E-state index contributed by atoms with van der Waals surface area (Å²) in [5.74, 6) is -0.565. The zero-order valence-corrected chi connectivity index (χ0v) is 11.4. The van der Waals surface area contributed by atoms with Crippen molar-refractivity contribution in [3.05, 3.63) is 0 Å². The van der Waals surface area contributed by atoms with E-state index in [-0.39, 0.29) is 30.3 Å². The van der Waals surface area contributed by atoms with Gasteiger partial charge < -0.3 is 20.6 Å². The molecule has 2 unspecified atom stereocenters. The van der Waals surface area contributed by atoms with Crippen LogP contribution in [0.2, 0.25) is 0 Å². The molecule has 2 heterocycles. The Morgan fingerprint density at radius 2 is 2.25 bits per heavy atom. The molecule has 0 aromatic heterocycles. The minimum Gasteiger partial charge on any atom is -0.481 e. The highest BCUT2D eigenvalue weighted by atomic mass is 16.4. The van der Waals surface area contributed by atoms with Gasteiger partial charge in [0.05, 0.1) is 6.04 Å². The van der Waals surface area contributed by atoms with E-state index in [1.165, 1.54) is 0 Å². The first kappa shape index (κ1) is 14.6. The van der Waals surface area contributed by atoms with E-state index >= 15 is 0 Å². The number of amides is 3. The molecular weight excluding hydrogens is 262 g/mol. The van der Waals surface area contributed by atoms with Crippen LogP contribution in [0.4, 0.5) is 4.79 Å². The summed E-state index contributed by atoms with van der Waals surface area (Å²) in [4.78, 5) is 35.5. The monoisotopic (exact) mass is 283 g/mol. The standard InChI is InChI=1S/C13H21N3O4/c17-11-6-10(7-14-11)15-13(20)16-5-1-2-9(8-16)3-4-12(18)19/h9-10H,1-8H2,(H,14,17)(H,15,20)(H,18,19). The fourth-order valence-electron chi connectivity index (χ4n) is 2.79. The van der Waals surface area contributed by atoms with Crippen molar-refractivity contribution in [2.45, 2.75) is 38.1 Å². The second-order valence-electron chi connectivity index (χ2n) is 5.54. The fraction of sp³-hybridized carbons (Fsp3) is 0.769. The van der Waals surface area contributed by atoms with Gasteiger partial charge in [-0.15, -0.1) is 0 Å². The number of nitrogens with one attached hydrogen (secondary N) is 2. The van der Waals surface area contributed by atoms with Crippen molar-refractivity contribution in [2.24, 2.45) is 5.92 Å². The van der Waals surface area contributed by atoms with Gasteiger partial charge in [-0.25, -0.2) is 4.79 Å². The first-order chi connectivity index (χ1) is 9.54. The lowest BCUT2D eigenvalue weighted by Gasteiger charge is -2.33. The van der Waals surface area contributed by atoms with E-state index in [1.807, 2.05) is 0 Å². The van der Waals surface area contributed by atoms with E-state index in [2.05, 4.69) is 10.6 Å². The van der Waals surface area contributed by atoms with Crippen LogP contribution in [0.15, 0.2) is 0 Å². The molecule has 0 spiro atoms. The van der Waals surface area contributed by atoms with Crippen molar-refractivity contribution in [3.63, 3.8) is 0 Å². The minimum absolute atomic E-state index is 0.0340. The molecule has 2 atom stereocenters. The zero-order chi connectivity index (χ0) is 14.5. The van der Waals surface area contributed by atoms with Gasteiger partial charge in [0.15, 0.2) is 0 Å². The summed E-state index contributed by atoms with van der Waals surface area (Å²) in [5, 5.41) is 14.2. The number of piperidine rings is 1. The highest BCUT2D eigenvalue weighted by Crippen LogP contribution is 2.21. The highest BCUT2D eigenvalue weighted by Gasteiger charge is 2.28. The maximum absolute atomic E-state index is 12.1. The SMILES string of the molecule is O=C(O)CCC1CCCN(C(=O)NC2CNC(=O)C2)C1. The number of likely N-dealkylation sites (tertiary alicyclic amines) is 1. The van der Waals surface area contributed by atoms with Crippen molar-refractivity contribution in [2.75, 3.05) is 19.6 Å². The van der Waals surface area contributed by atoms with Gasteiger partial charge >= 0.3 is 12.0 Å². The van der Waals surface area contributed by atoms with Crippen LogP contribution < -0.4 is 10.6 Å². The van der Waals surface area contributed by atoms with E-state index in [0.717, 1.165) is 12.8 Å². The summed E-state index contributed by atoms with van der Waals surface area (Å²) < 4.78 is 0. The van der Waals surface area contributed by atoms with Gasteiger partial charge in [0.2, 0.25) is 5.91 Å². The number of hydrogen-bond donors (Lipinski definition) is 3. The van der Waals surface area contributed by atoms with Gasteiger partial charge in [0.25, 0.3) is 0 Å². The van der Waals surface area contributed by atoms with Crippen molar-refractivity contribution in [1.82, 2.24) is 15.5 Å². The van der Waals surface area contributed by atoms with Crippen LogP contribution in [0.5, 0.6) is 0 Å². The summed E-state index contributed by atoms with van der Waals surface area (Å²) in [7, 11) is 0. The van der Waals surface area contributed by atoms with Crippen molar-refractivity contribution in [1.29, 1.82) is 0 Å². The van der Waals surface area contributed by atoms with Crippen molar-refractivity contribution >= 4 is 17.9 Å². The summed E-state index contributed by atoms with van der Waals surface area (Å²) >= 11 is 0. The molecule has 7 nitrogen and oxygen atoms in total. The molecule has 20 heavy (non-hydrogen) atoms. The molecule has 2 saturated heterocycles. The van der Waals surface area contributed by atoms with Crippen LogP contribution >= 0.6 is 0 Å². The Balaban J connectivity index is 1.77. The average molecular weight is 283 g/mol. The number of carbonyl (C=O) groups is 3. The number of aliphatic carboxylic acids is 1. The maximum atomic E-state index is 12.1. The molecule has 2 aliphatic heterocycles. The summed E-state index contributed by atoms with van der Waals surface area (Å²) in [6.45, 7) is 1.79. The smallest absolute Gasteiger partial charge is 0.317 e. The van der Waals surface area contributed by atoms with Crippen LogP contribution in [0.25, 0.3) is 0 Å². The van der Waals surface area contributed by atoms with Crippen molar-refractivity contribution < 1.29 is 19.5 Å². The molecule has 3 N–H and O–H groups in total. The van der Waals surface area contributed by atoms with E-state index in [0.29, 0.717) is 32.5 Å². The number of hydrogen-bond acceptors (Lipinski definition) is 3. The number of rotatable bonds is 4. The normalized spacial score (nSPS) is 26.2. The first-order valence-corrected chi connectivity index (χ1v) is 7.08. The van der Waals surface area contributed by atoms with Crippen LogP contribution in [-0.2, 0) is 9.59 Å². The highest BCUT2D eigenvalue weighted by molar-refractivity contribution is 5.81. The predicted molar refractivity (Wildman–Crippen MR) is 71.1 cm³/mol. The first-order valence-electron chi connectivity index (χ1n) is 7.08. The molecule has 3 amide bonds. The molecule has 0 aromatic rings. The third-order valence-electron chi connectivity index (χ3n) is 3.88. The van der Waals surface area contributed by atoms with E-state index in [4.69, 9.17) is 5.11 Å². The average Bonchev–Trinajstić information content (AvgIpc) is 2.82. The largest absolute Gasteiger partial charge is 0.481 e. The minimum atomic E-state index is -0.790. The zero-order valence-electron chi connectivity index (χ0n) is 11.4. The number of carbonyl (C=O) groups excluding carboxylic acids is 2. The molecule has 0 radical (unpaired) electrons. The van der Waals surface area contributed by atoms with Crippen LogP contribution in [-0.4, -0.2) is 53.6 Å². The van der Waals surface area contributed by atoms with Crippen LogP contribution in [0, 0.1) is 5.92 Å². The Morgan fingerprint density at radius 1 is 1.45 bits per heavy atom. The number of carboxylic acid groups (broad SMARTS) is 1. The predicted octanol–water partition coefficient (Wildman–Crippen LogP) is 0.161. The Labute approximate surface area is 117 Å². The molecule has 2 rings (SSSR count). The molecule has 7 heteroatoms. The molecule has 0 bridgehead atoms. The van der Waals surface area contributed by atoms with E-state index < -0.39 is 5.97 Å². The Morgan fingerprint density at radius 3 is 2.90 bits per heavy atom. The van der Waals surface area contributed by atoms with Crippen LogP contribution in [0.1, 0.15) is 32.1 Å². The lowest BCUT2D eigenvalue weighted by atomic mass is 9.93. The Hall–Kier alpha value is -1.79. The molecule has 2 aliphatic rings. The van der Waals surface area contributed by atoms with Gasteiger partial charge in [0, 0.05) is 32.5 Å².